The third kappa shape index (κ3) is 19.2. The second-order valence-electron chi connectivity index (χ2n) is 3.80. The molecule has 0 spiro atoms. The van der Waals surface area contributed by atoms with Gasteiger partial charge in [0.05, 0.1) is 13.1 Å². The topological polar surface area (TPSA) is 81.1 Å². The molecule has 0 saturated carbocycles. The second-order valence-corrected chi connectivity index (χ2v) is 3.80. The van der Waals surface area contributed by atoms with Crippen LogP contribution in [0.4, 0.5) is 0 Å². The third-order valence-electron chi connectivity index (χ3n) is 2.12. The smallest absolute Gasteiger partial charge is 0.317 e. The fraction of sp³-hybridized carbons (Fsp3) is 0.857. The first-order valence-electron chi connectivity index (χ1n) is 7.30. The van der Waals surface area contributed by atoms with E-state index in [4.69, 9.17) is 10.2 Å². The van der Waals surface area contributed by atoms with Gasteiger partial charge in [0.15, 0.2) is 0 Å². The summed E-state index contributed by atoms with van der Waals surface area (Å²) in [6.07, 6.45) is 1.02. The minimum Gasteiger partial charge on any atom is -0.480 e. The van der Waals surface area contributed by atoms with E-state index in [9.17, 15) is 9.59 Å². The lowest BCUT2D eigenvalue weighted by molar-refractivity contribution is -0.141. The largest absolute Gasteiger partial charge is 0.480 e. The molecule has 0 aromatic rings. The summed E-state index contributed by atoms with van der Waals surface area (Å²) in [5, 5.41) is 17.2. The Morgan fingerprint density at radius 1 is 0.850 bits per heavy atom. The normalized spacial score (nSPS) is 9.40. The molecule has 6 nitrogen and oxygen atoms in total. The summed E-state index contributed by atoms with van der Waals surface area (Å²) >= 11 is 0. The summed E-state index contributed by atoms with van der Waals surface area (Å²) in [5.41, 5.74) is 0. The van der Waals surface area contributed by atoms with Crippen LogP contribution in [0, 0.1) is 0 Å². The molecule has 0 radical (unpaired) electrons. The van der Waals surface area contributed by atoms with Crippen molar-refractivity contribution in [2.45, 2.75) is 41.0 Å². The van der Waals surface area contributed by atoms with Crippen molar-refractivity contribution < 1.29 is 19.8 Å². The Balaban J connectivity index is -0.000000656. The first-order valence-corrected chi connectivity index (χ1v) is 7.30. The molecule has 0 unspecified atom stereocenters. The molecule has 0 rings (SSSR count). The van der Waals surface area contributed by atoms with E-state index in [1.165, 1.54) is 4.90 Å². The Morgan fingerprint density at radius 2 is 1.25 bits per heavy atom. The molecule has 122 valence electrons. The predicted molar refractivity (Wildman–Crippen MR) is 82.2 cm³/mol. The molecular formula is C14H32N2O4. The van der Waals surface area contributed by atoms with Crippen molar-refractivity contribution in [2.24, 2.45) is 0 Å². The molecule has 0 aliphatic heterocycles. The van der Waals surface area contributed by atoms with Gasteiger partial charge in [-0.15, -0.1) is 0 Å². The lowest BCUT2D eigenvalue weighted by atomic mass is 10.4. The zero-order valence-electron chi connectivity index (χ0n) is 13.8. The molecule has 0 saturated heterocycles. The second kappa shape index (κ2) is 17.9. The van der Waals surface area contributed by atoms with E-state index in [1.54, 1.807) is 0 Å². The molecule has 0 atom stereocenters. The van der Waals surface area contributed by atoms with Crippen LogP contribution in [0.3, 0.4) is 0 Å². The summed E-state index contributed by atoms with van der Waals surface area (Å²) in [7, 11) is 1.93. The van der Waals surface area contributed by atoms with Gasteiger partial charge in [0, 0.05) is 13.1 Å². The maximum Gasteiger partial charge on any atom is 0.317 e. The first-order chi connectivity index (χ1) is 9.45. The highest BCUT2D eigenvalue weighted by Gasteiger charge is 2.13. The van der Waals surface area contributed by atoms with Gasteiger partial charge in [-0.05, 0) is 20.0 Å². The van der Waals surface area contributed by atoms with Gasteiger partial charge in [0.2, 0.25) is 0 Å². The van der Waals surface area contributed by atoms with Gasteiger partial charge in [0.1, 0.15) is 0 Å². The van der Waals surface area contributed by atoms with Gasteiger partial charge in [0.25, 0.3) is 0 Å². The summed E-state index contributed by atoms with van der Waals surface area (Å²) in [4.78, 5) is 24.5. The summed E-state index contributed by atoms with van der Waals surface area (Å²) in [6, 6.07) is 0. The average Bonchev–Trinajstić information content (AvgIpc) is 2.40. The van der Waals surface area contributed by atoms with Crippen molar-refractivity contribution in [1.29, 1.82) is 0 Å². The zero-order chi connectivity index (χ0) is 16.6. The van der Waals surface area contributed by atoms with Crippen molar-refractivity contribution in [3.63, 3.8) is 0 Å². The fourth-order valence-electron chi connectivity index (χ4n) is 1.40. The van der Waals surface area contributed by atoms with Gasteiger partial charge in [-0.3, -0.25) is 14.5 Å². The van der Waals surface area contributed by atoms with Crippen molar-refractivity contribution in [1.82, 2.24) is 9.80 Å². The van der Waals surface area contributed by atoms with Crippen LogP contribution in [-0.4, -0.2) is 71.7 Å². The number of carboxylic acid groups (broad SMARTS) is 2. The van der Waals surface area contributed by atoms with Crippen LogP contribution in [0.1, 0.15) is 41.0 Å². The molecule has 0 fully saturated rings. The SMILES string of the molecule is CC.CC.CCCN(C)CCN(CC(=O)O)CC(=O)O. The van der Waals surface area contributed by atoms with Gasteiger partial charge in [-0.1, -0.05) is 34.6 Å². The van der Waals surface area contributed by atoms with E-state index < -0.39 is 11.9 Å². The third-order valence-corrected chi connectivity index (χ3v) is 2.12. The molecule has 0 heterocycles. The summed E-state index contributed by atoms with van der Waals surface area (Å²) < 4.78 is 0. The maximum atomic E-state index is 10.5. The minimum absolute atomic E-state index is 0.230. The molecule has 20 heavy (non-hydrogen) atoms. The standard InChI is InChI=1S/C10H20N2O4.2C2H6/c1-3-4-11(2)5-6-12(7-9(13)14)8-10(15)16;2*1-2/h3-8H2,1-2H3,(H,13,14)(H,15,16);2*1-2H3. The van der Waals surface area contributed by atoms with Crippen LogP contribution in [0.15, 0.2) is 0 Å². The summed E-state index contributed by atoms with van der Waals surface area (Å²) in [5.74, 6) is -2.00. The lowest BCUT2D eigenvalue weighted by Crippen LogP contribution is -2.39. The monoisotopic (exact) mass is 292 g/mol. The van der Waals surface area contributed by atoms with E-state index in [0.717, 1.165) is 13.0 Å². The van der Waals surface area contributed by atoms with E-state index in [1.807, 2.05) is 34.7 Å². The predicted octanol–water partition coefficient (Wildman–Crippen LogP) is 1.85. The quantitative estimate of drug-likeness (QED) is 0.675. The molecule has 0 aliphatic rings. The Morgan fingerprint density at radius 3 is 1.55 bits per heavy atom. The van der Waals surface area contributed by atoms with Crippen LogP contribution in [0.5, 0.6) is 0 Å². The van der Waals surface area contributed by atoms with E-state index in [0.29, 0.717) is 13.1 Å². The Kier molecular flexibility index (Phi) is 21.4. The van der Waals surface area contributed by atoms with Gasteiger partial charge < -0.3 is 15.1 Å². The molecular weight excluding hydrogens is 260 g/mol. The Hall–Kier alpha value is -1.14. The minimum atomic E-state index is -1.00. The van der Waals surface area contributed by atoms with Gasteiger partial charge in [-0.2, -0.15) is 0 Å². The Bertz CT molecular complexity index is 219. The number of likely N-dealkylation sites (N-methyl/N-ethyl adjacent to an activating group) is 1. The van der Waals surface area contributed by atoms with Crippen LogP contribution >= 0.6 is 0 Å². The van der Waals surface area contributed by atoms with Crippen LogP contribution < -0.4 is 0 Å². The number of carbonyl (C=O) groups is 2. The summed E-state index contributed by atoms with van der Waals surface area (Å²) in [6.45, 7) is 11.7. The van der Waals surface area contributed by atoms with Gasteiger partial charge in [-0.25, -0.2) is 0 Å². The van der Waals surface area contributed by atoms with Crippen LogP contribution in [0.25, 0.3) is 0 Å². The average molecular weight is 292 g/mol. The van der Waals surface area contributed by atoms with Crippen LogP contribution in [0.2, 0.25) is 0 Å². The molecule has 0 aliphatic carbocycles. The lowest BCUT2D eigenvalue weighted by Gasteiger charge is -2.22. The van der Waals surface area contributed by atoms with Crippen molar-refractivity contribution in [3.05, 3.63) is 0 Å². The molecule has 2 N–H and O–H groups in total. The molecule has 0 aromatic carbocycles. The molecule has 0 amide bonds. The highest BCUT2D eigenvalue weighted by atomic mass is 16.4. The van der Waals surface area contributed by atoms with Crippen molar-refractivity contribution in [3.8, 4) is 0 Å². The highest BCUT2D eigenvalue weighted by Crippen LogP contribution is 1.92. The van der Waals surface area contributed by atoms with E-state index in [2.05, 4.69) is 11.8 Å². The zero-order valence-corrected chi connectivity index (χ0v) is 13.8. The van der Waals surface area contributed by atoms with Crippen molar-refractivity contribution >= 4 is 11.9 Å². The molecule has 6 heteroatoms. The fourth-order valence-corrected chi connectivity index (χ4v) is 1.40. The number of hydrogen-bond donors (Lipinski definition) is 2. The highest BCUT2D eigenvalue weighted by molar-refractivity contribution is 5.72. The maximum absolute atomic E-state index is 10.5. The first kappa shape index (κ1) is 23.9. The number of nitrogens with zero attached hydrogens (tertiary/aromatic N) is 2. The Labute approximate surface area is 123 Å². The molecule has 0 bridgehead atoms. The van der Waals surface area contributed by atoms with E-state index in [-0.39, 0.29) is 13.1 Å². The van der Waals surface area contributed by atoms with E-state index >= 15 is 0 Å². The van der Waals surface area contributed by atoms with Crippen LogP contribution in [-0.2, 0) is 9.59 Å². The van der Waals surface area contributed by atoms with Gasteiger partial charge >= 0.3 is 11.9 Å². The number of hydrogen-bond acceptors (Lipinski definition) is 4. The molecule has 0 aromatic heterocycles. The number of carboxylic acids is 2. The van der Waals surface area contributed by atoms with Crippen molar-refractivity contribution in [2.75, 3.05) is 39.8 Å². The number of rotatable bonds is 9. The number of aliphatic carboxylic acids is 2.